The number of para-hydroxylation sites is 1. The molecule has 2 heterocycles. The number of fused-ring (bicyclic) bond motifs is 2. The second kappa shape index (κ2) is 7.21. The van der Waals surface area contributed by atoms with Crippen LogP contribution in [0.1, 0.15) is 37.7 Å². The maximum Gasteiger partial charge on any atom is 0.191 e. The van der Waals surface area contributed by atoms with Gasteiger partial charge in [-0.25, -0.2) is 0 Å². The first-order chi connectivity index (χ1) is 11.2. The zero-order valence-corrected chi connectivity index (χ0v) is 14.2. The summed E-state index contributed by atoms with van der Waals surface area (Å²) in [5.41, 5.74) is 1.21. The minimum Gasteiger partial charge on any atom is -0.496 e. The lowest BCUT2D eigenvalue weighted by Gasteiger charge is -2.24. The molecule has 126 valence electrons. The van der Waals surface area contributed by atoms with Crippen LogP contribution < -0.4 is 15.4 Å². The van der Waals surface area contributed by atoms with Crippen LogP contribution >= 0.6 is 0 Å². The smallest absolute Gasteiger partial charge is 0.191 e. The highest BCUT2D eigenvalue weighted by atomic mass is 16.5. The lowest BCUT2D eigenvalue weighted by Crippen LogP contribution is -2.48. The fraction of sp³-hybridized carbons (Fsp3) is 0.611. The van der Waals surface area contributed by atoms with Crippen LogP contribution in [-0.4, -0.2) is 44.9 Å². The molecule has 0 radical (unpaired) electrons. The molecule has 0 saturated carbocycles. The first-order valence-electron chi connectivity index (χ1n) is 8.46. The molecule has 4 atom stereocenters. The summed E-state index contributed by atoms with van der Waals surface area (Å²) in [5, 5.41) is 6.95. The zero-order valence-electron chi connectivity index (χ0n) is 14.2. The highest BCUT2D eigenvalue weighted by Gasteiger charge is 2.41. The molecule has 1 aromatic rings. The fourth-order valence-electron chi connectivity index (χ4n) is 3.59. The standard InChI is InChI=1S/C18H27N3O2/c1-12(14-6-4-5-7-16(14)22-3)11-20-18(19-2)21-15-10-13-8-9-17(15)23-13/h4-7,12-13,15,17H,8-11H2,1-3H3,(H2,19,20,21). The third-order valence-corrected chi connectivity index (χ3v) is 4.90. The van der Waals surface area contributed by atoms with Crippen LogP contribution in [0.25, 0.3) is 0 Å². The summed E-state index contributed by atoms with van der Waals surface area (Å²) < 4.78 is 11.3. The minimum absolute atomic E-state index is 0.334. The number of rotatable bonds is 5. The van der Waals surface area contributed by atoms with Crippen molar-refractivity contribution < 1.29 is 9.47 Å². The summed E-state index contributed by atoms with van der Waals surface area (Å²) in [6, 6.07) is 8.56. The SMILES string of the molecule is CN=C(NCC(C)c1ccccc1OC)NC1CC2CCC1O2. The van der Waals surface area contributed by atoms with Gasteiger partial charge in [-0.05, 0) is 30.9 Å². The third-order valence-electron chi connectivity index (χ3n) is 4.90. The molecular formula is C18H27N3O2. The number of nitrogens with zero attached hydrogens (tertiary/aromatic N) is 1. The number of benzene rings is 1. The van der Waals surface area contributed by atoms with E-state index < -0.39 is 0 Å². The van der Waals surface area contributed by atoms with E-state index in [1.54, 1.807) is 7.11 Å². The van der Waals surface area contributed by atoms with E-state index in [1.165, 1.54) is 12.0 Å². The highest BCUT2D eigenvalue weighted by molar-refractivity contribution is 5.80. The van der Waals surface area contributed by atoms with Gasteiger partial charge in [-0.1, -0.05) is 25.1 Å². The lowest BCUT2D eigenvalue weighted by atomic mass is 9.95. The van der Waals surface area contributed by atoms with E-state index in [0.717, 1.165) is 31.1 Å². The number of hydrogen-bond donors (Lipinski definition) is 2. The predicted octanol–water partition coefficient (Wildman–Crippen LogP) is 2.28. The topological polar surface area (TPSA) is 54.9 Å². The van der Waals surface area contributed by atoms with Crippen molar-refractivity contribution in [3.8, 4) is 5.75 Å². The monoisotopic (exact) mass is 317 g/mol. The minimum atomic E-state index is 0.334. The molecule has 0 aromatic heterocycles. The van der Waals surface area contributed by atoms with E-state index >= 15 is 0 Å². The van der Waals surface area contributed by atoms with Crippen LogP contribution in [0.3, 0.4) is 0 Å². The number of aliphatic imine (C=N–C) groups is 1. The number of hydrogen-bond acceptors (Lipinski definition) is 3. The number of methoxy groups -OCH3 is 1. The number of nitrogens with one attached hydrogen (secondary N) is 2. The van der Waals surface area contributed by atoms with Crippen molar-refractivity contribution in [2.24, 2.45) is 4.99 Å². The van der Waals surface area contributed by atoms with Crippen molar-refractivity contribution in [1.29, 1.82) is 0 Å². The fourth-order valence-corrected chi connectivity index (χ4v) is 3.59. The molecule has 2 fully saturated rings. The molecule has 0 aliphatic carbocycles. The molecule has 1 aromatic carbocycles. The largest absolute Gasteiger partial charge is 0.496 e. The van der Waals surface area contributed by atoms with Gasteiger partial charge in [-0.2, -0.15) is 0 Å². The van der Waals surface area contributed by atoms with Crippen LogP contribution in [-0.2, 0) is 4.74 Å². The van der Waals surface area contributed by atoms with Crippen LogP contribution in [0.4, 0.5) is 0 Å². The first kappa shape index (κ1) is 16.1. The average molecular weight is 317 g/mol. The summed E-state index contributed by atoms with van der Waals surface area (Å²) in [7, 11) is 3.53. The van der Waals surface area contributed by atoms with Gasteiger partial charge in [0.05, 0.1) is 25.4 Å². The van der Waals surface area contributed by atoms with E-state index in [4.69, 9.17) is 9.47 Å². The molecule has 2 saturated heterocycles. The van der Waals surface area contributed by atoms with Crippen molar-refractivity contribution in [1.82, 2.24) is 10.6 Å². The molecule has 0 spiro atoms. The second-order valence-corrected chi connectivity index (χ2v) is 6.46. The van der Waals surface area contributed by atoms with Crippen LogP contribution in [0.15, 0.2) is 29.3 Å². The van der Waals surface area contributed by atoms with Gasteiger partial charge in [-0.15, -0.1) is 0 Å². The Bertz CT molecular complexity index is 561. The van der Waals surface area contributed by atoms with Crippen molar-refractivity contribution in [2.75, 3.05) is 20.7 Å². The Kier molecular flexibility index (Phi) is 5.06. The first-order valence-corrected chi connectivity index (χ1v) is 8.46. The van der Waals surface area contributed by atoms with Crippen LogP contribution in [0.5, 0.6) is 5.75 Å². The molecule has 0 amide bonds. The summed E-state index contributed by atoms with van der Waals surface area (Å²) in [4.78, 5) is 4.35. The van der Waals surface area contributed by atoms with E-state index in [-0.39, 0.29) is 0 Å². The van der Waals surface area contributed by atoms with Gasteiger partial charge >= 0.3 is 0 Å². The normalized spacial score (nSPS) is 27.8. The highest BCUT2D eigenvalue weighted by Crippen LogP contribution is 2.34. The maximum atomic E-state index is 5.89. The molecule has 23 heavy (non-hydrogen) atoms. The summed E-state index contributed by atoms with van der Waals surface area (Å²) in [6.45, 7) is 3.00. The lowest BCUT2D eigenvalue weighted by molar-refractivity contribution is 0.0992. The molecule has 2 N–H and O–H groups in total. The van der Waals surface area contributed by atoms with Crippen molar-refractivity contribution in [2.45, 2.75) is 50.4 Å². The van der Waals surface area contributed by atoms with Gasteiger partial charge in [0.1, 0.15) is 5.75 Å². The molecule has 5 heteroatoms. The Balaban J connectivity index is 1.53. The quantitative estimate of drug-likeness (QED) is 0.646. The van der Waals surface area contributed by atoms with E-state index in [0.29, 0.717) is 24.2 Å². The Morgan fingerprint density at radius 3 is 2.87 bits per heavy atom. The molecule has 5 nitrogen and oxygen atoms in total. The zero-order chi connectivity index (χ0) is 16.2. The Morgan fingerprint density at radius 2 is 2.22 bits per heavy atom. The van der Waals surface area contributed by atoms with Crippen molar-refractivity contribution in [3.05, 3.63) is 29.8 Å². The van der Waals surface area contributed by atoms with Gasteiger partial charge in [0.2, 0.25) is 0 Å². The van der Waals surface area contributed by atoms with E-state index in [2.05, 4.69) is 28.6 Å². The number of guanidine groups is 1. The summed E-state index contributed by atoms with van der Waals surface area (Å²) in [5.74, 6) is 2.13. The summed E-state index contributed by atoms with van der Waals surface area (Å²) >= 11 is 0. The third kappa shape index (κ3) is 3.61. The van der Waals surface area contributed by atoms with Gasteiger partial charge in [0.25, 0.3) is 0 Å². The number of ether oxygens (including phenoxy) is 2. The molecule has 2 aliphatic heterocycles. The van der Waals surface area contributed by atoms with Gasteiger partial charge in [0.15, 0.2) is 5.96 Å². The average Bonchev–Trinajstić information content (AvgIpc) is 3.21. The van der Waals surface area contributed by atoms with Crippen LogP contribution in [0.2, 0.25) is 0 Å². The van der Waals surface area contributed by atoms with Gasteiger partial charge in [-0.3, -0.25) is 4.99 Å². The molecule has 2 bridgehead atoms. The van der Waals surface area contributed by atoms with Crippen LogP contribution in [0, 0.1) is 0 Å². The molecule has 3 rings (SSSR count). The molecular weight excluding hydrogens is 290 g/mol. The predicted molar refractivity (Wildman–Crippen MR) is 92.2 cm³/mol. The van der Waals surface area contributed by atoms with Crippen molar-refractivity contribution in [3.63, 3.8) is 0 Å². The van der Waals surface area contributed by atoms with E-state index in [9.17, 15) is 0 Å². The molecule has 2 aliphatic rings. The van der Waals surface area contributed by atoms with Crippen molar-refractivity contribution >= 4 is 5.96 Å². The van der Waals surface area contributed by atoms with Gasteiger partial charge in [0, 0.05) is 19.5 Å². The maximum absolute atomic E-state index is 5.89. The summed E-state index contributed by atoms with van der Waals surface area (Å²) in [6.07, 6.45) is 4.26. The van der Waals surface area contributed by atoms with Gasteiger partial charge < -0.3 is 20.1 Å². The van der Waals surface area contributed by atoms with E-state index in [1.807, 2.05) is 25.2 Å². The Morgan fingerprint density at radius 1 is 1.39 bits per heavy atom. The molecule has 4 unspecified atom stereocenters. The Hall–Kier alpha value is -1.75. The second-order valence-electron chi connectivity index (χ2n) is 6.46. The Labute approximate surface area is 138 Å².